The van der Waals surface area contributed by atoms with Crippen molar-refractivity contribution in [2.45, 2.75) is 20.4 Å². The highest BCUT2D eigenvalue weighted by Crippen LogP contribution is 2.08. The first-order chi connectivity index (χ1) is 5.74. The van der Waals surface area contributed by atoms with E-state index in [-0.39, 0.29) is 5.69 Å². The monoisotopic (exact) mass is 160 g/mol. The van der Waals surface area contributed by atoms with Gasteiger partial charge in [-0.1, -0.05) is 0 Å². The van der Waals surface area contributed by atoms with Crippen molar-refractivity contribution in [3.8, 4) is 12.1 Å². The molecule has 0 saturated heterocycles. The lowest BCUT2D eigenvalue weighted by Gasteiger charge is -1.98. The first kappa shape index (κ1) is 8.29. The summed E-state index contributed by atoms with van der Waals surface area (Å²) < 4.78 is 1.72. The summed E-state index contributed by atoms with van der Waals surface area (Å²) in [5.41, 5.74) is 0.578. The predicted octanol–water partition coefficient (Wildman–Crippen LogP) is 0.955. The number of imidazole rings is 1. The van der Waals surface area contributed by atoms with Gasteiger partial charge in [-0.2, -0.15) is 10.5 Å². The standard InChI is InChI=1S/C8H8N4/c1-3-12-6(2)11-7(4-9)8(12)5-10/h3H2,1-2H3. The Hall–Kier alpha value is -1.81. The van der Waals surface area contributed by atoms with E-state index < -0.39 is 0 Å². The van der Waals surface area contributed by atoms with Crippen molar-refractivity contribution in [1.29, 1.82) is 10.5 Å². The van der Waals surface area contributed by atoms with Gasteiger partial charge in [0.15, 0.2) is 11.4 Å². The molecule has 0 N–H and O–H groups in total. The Balaban J connectivity index is 3.41. The van der Waals surface area contributed by atoms with Crippen LogP contribution in [0.15, 0.2) is 0 Å². The zero-order valence-corrected chi connectivity index (χ0v) is 7.00. The summed E-state index contributed by atoms with van der Waals surface area (Å²) >= 11 is 0. The van der Waals surface area contributed by atoms with Gasteiger partial charge in [0, 0.05) is 6.54 Å². The predicted molar refractivity (Wildman–Crippen MR) is 42.1 cm³/mol. The van der Waals surface area contributed by atoms with Crippen LogP contribution >= 0.6 is 0 Å². The minimum absolute atomic E-state index is 0.219. The Labute approximate surface area is 70.7 Å². The van der Waals surface area contributed by atoms with Crippen LogP contribution in [-0.4, -0.2) is 9.55 Å². The molecular weight excluding hydrogens is 152 g/mol. The maximum atomic E-state index is 8.71. The van der Waals surface area contributed by atoms with Crippen molar-refractivity contribution in [3.05, 3.63) is 17.2 Å². The lowest BCUT2D eigenvalue weighted by Crippen LogP contribution is -1.99. The van der Waals surface area contributed by atoms with Crippen LogP contribution in [0.4, 0.5) is 0 Å². The van der Waals surface area contributed by atoms with Crippen molar-refractivity contribution in [2.75, 3.05) is 0 Å². The largest absolute Gasteiger partial charge is 0.319 e. The van der Waals surface area contributed by atoms with Crippen LogP contribution < -0.4 is 0 Å². The summed E-state index contributed by atoms with van der Waals surface area (Å²) in [6, 6.07) is 3.85. The van der Waals surface area contributed by atoms with E-state index in [1.165, 1.54) is 0 Å². The van der Waals surface area contributed by atoms with Crippen molar-refractivity contribution in [2.24, 2.45) is 0 Å². The second-order valence-corrected chi connectivity index (χ2v) is 2.32. The Morgan fingerprint density at radius 3 is 2.50 bits per heavy atom. The number of nitriles is 2. The number of hydrogen-bond donors (Lipinski definition) is 0. The van der Waals surface area contributed by atoms with Crippen molar-refractivity contribution in [3.63, 3.8) is 0 Å². The quantitative estimate of drug-likeness (QED) is 0.614. The average Bonchev–Trinajstić information content (AvgIpc) is 2.40. The Morgan fingerprint density at radius 2 is 2.08 bits per heavy atom. The van der Waals surface area contributed by atoms with Gasteiger partial charge in [-0.15, -0.1) is 0 Å². The molecule has 1 heterocycles. The van der Waals surface area contributed by atoms with Crippen LogP contribution in [0.1, 0.15) is 24.1 Å². The first-order valence-electron chi connectivity index (χ1n) is 3.61. The van der Waals surface area contributed by atoms with E-state index >= 15 is 0 Å². The number of nitrogens with zero attached hydrogens (tertiary/aromatic N) is 4. The zero-order valence-electron chi connectivity index (χ0n) is 7.00. The van der Waals surface area contributed by atoms with E-state index in [0.717, 1.165) is 0 Å². The molecule has 0 fully saturated rings. The lowest BCUT2D eigenvalue weighted by atomic mass is 10.3. The summed E-state index contributed by atoms with van der Waals surface area (Å²) in [5, 5.41) is 17.3. The summed E-state index contributed by atoms with van der Waals surface area (Å²) in [6.07, 6.45) is 0. The lowest BCUT2D eigenvalue weighted by molar-refractivity contribution is 0.721. The van der Waals surface area contributed by atoms with Gasteiger partial charge in [-0.25, -0.2) is 4.98 Å². The zero-order chi connectivity index (χ0) is 9.14. The van der Waals surface area contributed by atoms with Crippen LogP contribution in [0.5, 0.6) is 0 Å². The molecule has 0 aliphatic rings. The molecule has 0 spiro atoms. The van der Waals surface area contributed by atoms with Gasteiger partial charge in [0.05, 0.1) is 0 Å². The second-order valence-electron chi connectivity index (χ2n) is 2.32. The van der Waals surface area contributed by atoms with Crippen LogP contribution in [0.3, 0.4) is 0 Å². The van der Waals surface area contributed by atoms with Crippen LogP contribution in [0, 0.1) is 29.6 Å². The van der Waals surface area contributed by atoms with Gasteiger partial charge >= 0.3 is 0 Å². The van der Waals surface area contributed by atoms with Crippen molar-refractivity contribution < 1.29 is 0 Å². The fourth-order valence-electron chi connectivity index (χ4n) is 1.14. The average molecular weight is 160 g/mol. The minimum atomic E-state index is 0.219. The number of aromatic nitrogens is 2. The number of rotatable bonds is 1. The van der Waals surface area contributed by atoms with E-state index in [1.54, 1.807) is 11.5 Å². The maximum absolute atomic E-state index is 8.71. The van der Waals surface area contributed by atoms with Crippen LogP contribution in [0.2, 0.25) is 0 Å². The molecular formula is C8H8N4. The fourth-order valence-corrected chi connectivity index (χ4v) is 1.14. The Kier molecular flexibility index (Phi) is 2.11. The van der Waals surface area contributed by atoms with E-state index in [0.29, 0.717) is 18.1 Å². The molecule has 1 aromatic rings. The third-order valence-electron chi connectivity index (χ3n) is 1.69. The molecule has 0 aliphatic heterocycles. The van der Waals surface area contributed by atoms with Gasteiger partial charge in [-0.05, 0) is 13.8 Å². The molecule has 1 aromatic heterocycles. The summed E-state index contributed by atoms with van der Waals surface area (Å²) in [7, 11) is 0. The molecule has 0 aromatic carbocycles. The first-order valence-corrected chi connectivity index (χ1v) is 3.61. The molecule has 0 amide bonds. The molecule has 1 rings (SSSR count). The summed E-state index contributed by atoms with van der Waals surface area (Å²) in [5.74, 6) is 0.714. The van der Waals surface area contributed by atoms with Gasteiger partial charge in [0.25, 0.3) is 0 Å². The molecule has 0 radical (unpaired) electrons. The number of hydrogen-bond acceptors (Lipinski definition) is 3. The Bertz CT molecular complexity index is 375. The highest BCUT2D eigenvalue weighted by Gasteiger charge is 2.11. The summed E-state index contributed by atoms with van der Waals surface area (Å²) in [6.45, 7) is 4.37. The highest BCUT2D eigenvalue weighted by atomic mass is 15.1. The molecule has 0 aliphatic carbocycles. The van der Waals surface area contributed by atoms with Crippen molar-refractivity contribution >= 4 is 0 Å². The highest BCUT2D eigenvalue weighted by molar-refractivity contribution is 5.37. The van der Waals surface area contributed by atoms with Crippen LogP contribution in [-0.2, 0) is 6.54 Å². The third-order valence-corrected chi connectivity index (χ3v) is 1.69. The van der Waals surface area contributed by atoms with E-state index in [4.69, 9.17) is 10.5 Å². The smallest absolute Gasteiger partial charge is 0.177 e. The molecule has 0 saturated carbocycles. The van der Waals surface area contributed by atoms with Crippen LogP contribution in [0.25, 0.3) is 0 Å². The van der Waals surface area contributed by atoms with E-state index in [9.17, 15) is 0 Å². The second kappa shape index (κ2) is 3.06. The molecule has 0 bridgehead atoms. The van der Waals surface area contributed by atoms with Gasteiger partial charge in [-0.3, -0.25) is 0 Å². The fraction of sp³-hybridized carbons (Fsp3) is 0.375. The Morgan fingerprint density at radius 1 is 1.42 bits per heavy atom. The van der Waals surface area contributed by atoms with Gasteiger partial charge in [0.2, 0.25) is 0 Å². The molecule has 0 atom stereocenters. The van der Waals surface area contributed by atoms with E-state index in [2.05, 4.69) is 4.98 Å². The molecule has 4 nitrogen and oxygen atoms in total. The third kappa shape index (κ3) is 1.04. The molecule has 0 unspecified atom stereocenters. The van der Waals surface area contributed by atoms with E-state index in [1.807, 2.05) is 19.1 Å². The SMILES string of the molecule is CCn1c(C)nc(C#N)c1C#N. The molecule has 60 valence electrons. The number of aryl methyl sites for hydroxylation is 1. The van der Waals surface area contributed by atoms with Crippen molar-refractivity contribution in [1.82, 2.24) is 9.55 Å². The normalized spacial score (nSPS) is 9.00. The van der Waals surface area contributed by atoms with Gasteiger partial charge < -0.3 is 4.57 Å². The molecule has 4 heteroatoms. The topological polar surface area (TPSA) is 65.4 Å². The summed E-state index contributed by atoms with van der Waals surface area (Å²) in [4.78, 5) is 3.95. The maximum Gasteiger partial charge on any atom is 0.177 e. The molecule has 12 heavy (non-hydrogen) atoms. The van der Waals surface area contributed by atoms with Gasteiger partial charge in [0.1, 0.15) is 18.0 Å². The minimum Gasteiger partial charge on any atom is -0.319 e.